The number of carbonyl (C=O) groups is 1. The number of fused-ring (bicyclic) bond motifs is 1. The van der Waals surface area contributed by atoms with Gasteiger partial charge in [0.2, 0.25) is 0 Å². The second kappa shape index (κ2) is 9.96. The van der Waals surface area contributed by atoms with Crippen LogP contribution in [0.5, 0.6) is 0 Å². The molecule has 9 heteroatoms. The van der Waals surface area contributed by atoms with Crippen molar-refractivity contribution in [2.24, 2.45) is 0 Å². The molecular formula is C19H20Cl2N6O. The molecule has 1 aromatic carbocycles. The van der Waals surface area contributed by atoms with Gasteiger partial charge in [0.1, 0.15) is 11.6 Å². The SMILES string of the molecule is O=C(NCCNc1ccc2ccccc2n1)NCCNc1ncc(Cl)cc1Cl. The Labute approximate surface area is 172 Å². The molecule has 0 aliphatic heterocycles. The number of anilines is 2. The van der Waals surface area contributed by atoms with E-state index >= 15 is 0 Å². The van der Waals surface area contributed by atoms with Crippen LogP contribution in [0.15, 0.2) is 48.7 Å². The highest BCUT2D eigenvalue weighted by atomic mass is 35.5. The van der Waals surface area contributed by atoms with Gasteiger partial charge in [0.25, 0.3) is 0 Å². The summed E-state index contributed by atoms with van der Waals surface area (Å²) in [7, 11) is 0. The number of benzene rings is 1. The molecule has 2 amide bonds. The van der Waals surface area contributed by atoms with E-state index in [0.717, 1.165) is 16.7 Å². The van der Waals surface area contributed by atoms with Crippen molar-refractivity contribution in [2.75, 3.05) is 36.8 Å². The lowest BCUT2D eigenvalue weighted by Gasteiger charge is -2.10. The topological polar surface area (TPSA) is 91.0 Å². The number of pyridine rings is 2. The van der Waals surface area contributed by atoms with E-state index in [4.69, 9.17) is 23.2 Å². The summed E-state index contributed by atoms with van der Waals surface area (Å²) in [5.74, 6) is 1.30. The summed E-state index contributed by atoms with van der Waals surface area (Å²) in [6.07, 6.45) is 1.51. The highest BCUT2D eigenvalue weighted by molar-refractivity contribution is 6.35. The highest BCUT2D eigenvalue weighted by Gasteiger charge is 2.03. The molecule has 0 radical (unpaired) electrons. The summed E-state index contributed by atoms with van der Waals surface area (Å²) in [6, 6.07) is 13.2. The maximum Gasteiger partial charge on any atom is 0.314 e. The van der Waals surface area contributed by atoms with E-state index < -0.39 is 0 Å². The van der Waals surface area contributed by atoms with Crippen molar-refractivity contribution in [3.05, 3.63) is 58.7 Å². The Hall–Kier alpha value is -2.77. The molecule has 146 valence electrons. The Balaban J connectivity index is 1.31. The van der Waals surface area contributed by atoms with Gasteiger partial charge < -0.3 is 21.3 Å². The minimum absolute atomic E-state index is 0.245. The molecule has 2 aromatic heterocycles. The van der Waals surface area contributed by atoms with Crippen molar-refractivity contribution in [1.82, 2.24) is 20.6 Å². The predicted octanol–water partition coefficient (Wildman–Crippen LogP) is 3.76. The molecule has 0 aliphatic rings. The van der Waals surface area contributed by atoms with Crippen LogP contribution in [0.1, 0.15) is 0 Å². The molecule has 0 unspecified atom stereocenters. The third-order valence-electron chi connectivity index (χ3n) is 3.83. The van der Waals surface area contributed by atoms with Gasteiger partial charge in [-0.1, -0.05) is 41.4 Å². The van der Waals surface area contributed by atoms with Crippen molar-refractivity contribution in [2.45, 2.75) is 0 Å². The normalized spacial score (nSPS) is 10.5. The van der Waals surface area contributed by atoms with E-state index in [0.29, 0.717) is 42.0 Å². The summed E-state index contributed by atoms with van der Waals surface area (Å²) in [6.45, 7) is 1.95. The first kappa shape index (κ1) is 20.0. The van der Waals surface area contributed by atoms with Gasteiger partial charge in [-0.05, 0) is 24.3 Å². The molecule has 0 fully saturated rings. The van der Waals surface area contributed by atoms with Gasteiger partial charge in [0.15, 0.2) is 0 Å². The van der Waals surface area contributed by atoms with Crippen LogP contribution in [0.2, 0.25) is 10.0 Å². The molecule has 28 heavy (non-hydrogen) atoms. The monoisotopic (exact) mass is 418 g/mol. The van der Waals surface area contributed by atoms with Crippen LogP contribution in [-0.2, 0) is 0 Å². The maximum atomic E-state index is 11.8. The number of halogens is 2. The largest absolute Gasteiger partial charge is 0.368 e. The van der Waals surface area contributed by atoms with E-state index in [-0.39, 0.29) is 6.03 Å². The number of urea groups is 1. The molecule has 0 saturated carbocycles. The molecule has 0 atom stereocenters. The number of nitrogens with zero attached hydrogens (tertiary/aromatic N) is 2. The van der Waals surface area contributed by atoms with E-state index in [1.165, 1.54) is 6.20 Å². The Bertz CT molecular complexity index is 953. The lowest BCUT2D eigenvalue weighted by atomic mass is 10.2. The molecule has 3 aromatic rings. The number of hydrogen-bond donors (Lipinski definition) is 4. The summed E-state index contributed by atoms with van der Waals surface area (Å²) >= 11 is 11.8. The Morgan fingerprint density at radius 1 is 0.929 bits per heavy atom. The predicted molar refractivity (Wildman–Crippen MR) is 114 cm³/mol. The number of aromatic nitrogens is 2. The number of rotatable bonds is 8. The van der Waals surface area contributed by atoms with Gasteiger partial charge >= 0.3 is 6.03 Å². The molecular weight excluding hydrogens is 399 g/mol. The molecule has 4 N–H and O–H groups in total. The van der Waals surface area contributed by atoms with Crippen LogP contribution in [-0.4, -0.2) is 42.2 Å². The minimum Gasteiger partial charge on any atom is -0.368 e. The zero-order valence-electron chi connectivity index (χ0n) is 15.0. The van der Waals surface area contributed by atoms with E-state index in [1.54, 1.807) is 6.07 Å². The van der Waals surface area contributed by atoms with Crippen molar-refractivity contribution in [3.8, 4) is 0 Å². The molecule has 0 saturated heterocycles. The van der Waals surface area contributed by atoms with Crippen LogP contribution in [0.25, 0.3) is 10.9 Å². The summed E-state index contributed by atoms with van der Waals surface area (Å²) in [5, 5.41) is 13.8. The van der Waals surface area contributed by atoms with Crippen molar-refractivity contribution < 1.29 is 4.79 Å². The number of carbonyl (C=O) groups excluding carboxylic acids is 1. The second-order valence-electron chi connectivity index (χ2n) is 5.91. The Morgan fingerprint density at radius 3 is 2.46 bits per heavy atom. The zero-order valence-corrected chi connectivity index (χ0v) is 16.5. The van der Waals surface area contributed by atoms with Gasteiger partial charge in [0.05, 0.1) is 15.6 Å². The number of para-hydroxylation sites is 1. The van der Waals surface area contributed by atoms with Crippen molar-refractivity contribution in [1.29, 1.82) is 0 Å². The van der Waals surface area contributed by atoms with E-state index in [9.17, 15) is 4.79 Å². The summed E-state index contributed by atoms with van der Waals surface area (Å²) < 4.78 is 0. The first-order chi connectivity index (χ1) is 13.6. The van der Waals surface area contributed by atoms with Gasteiger partial charge in [0, 0.05) is 37.8 Å². The molecule has 2 heterocycles. The molecule has 0 aliphatic carbocycles. The quantitative estimate of drug-likeness (QED) is 0.418. The molecule has 3 rings (SSSR count). The summed E-state index contributed by atoms with van der Waals surface area (Å²) in [5.41, 5.74) is 0.931. The smallest absolute Gasteiger partial charge is 0.314 e. The van der Waals surface area contributed by atoms with Gasteiger partial charge in [-0.2, -0.15) is 0 Å². The van der Waals surface area contributed by atoms with Crippen LogP contribution in [0.3, 0.4) is 0 Å². The third-order valence-corrected chi connectivity index (χ3v) is 4.32. The Kier molecular flexibility index (Phi) is 7.11. The van der Waals surface area contributed by atoms with Gasteiger partial charge in [-0.3, -0.25) is 0 Å². The van der Waals surface area contributed by atoms with Crippen LogP contribution in [0.4, 0.5) is 16.4 Å². The minimum atomic E-state index is -0.245. The number of amides is 2. The van der Waals surface area contributed by atoms with Crippen molar-refractivity contribution >= 4 is 51.8 Å². The fourth-order valence-corrected chi connectivity index (χ4v) is 2.94. The average Bonchev–Trinajstić information content (AvgIpc) is 2.70. The van der Waals surface area contributed by atoms with Crippen LogP contribution >= 0.6 is 23.2 Å². The van der Waals surface area contributed by atoms with Gasteiger partial charge in [-0.25, -0.2) is 14.8 Å². The lowest BCUT2D eigenvalue weighted by Crippen LogP contribution is -2.40. The van der Waals surface area contributed by atoms with Crippen molar-refractivity contribution in [3.63, 3.8) is 0 Å². The second-order valence-corrected chi connectivity index (χ2v) is 6.75. The van der Waals surface area contributed by atoms with Crippen LogP contribution in [0, 0.1) is 0 Å². The third kappa shape index (κ3) is 5.87. The van der Waals surface area contributed by atoms with Crippen LogP contribution < -0.4 is 21.3 Å². The van der Waals surface area contributed by atoms with Gasteiger partial charge in [-0.15, -0.1) is 0 Å². The fourth-order valence-electron chi connectivity index (χ4n) is 2.50. The first-order valence-electron chi connectivity index (χ1n) is 8.78. The lowest BCUT2D eigenvalue weighted by molar-refractivity contribution is 0.241. The van der Waals surface area contributed by atoms with E-state index in [1.807, 2.05) is 36.4 Å². The fraction of sp³-hybridized carbons (Fsp3) is 0.211. The average molecular weight is 419 g/mol. The standard InChI is InChI=1S/C19H20Cl2N6O/c20-14-11-15(21)18(26-12-14)23-8-10-25-19(28)24-9-7-22-17-6-5-13-3-1-2-4-16(13)27-17/h1-6,11-12H,7-10H2,(H,22,27)(H,23,26)(H2,24,25,28). The summed E-state index contributed by atoms with van der Waals surface area (Å²) in [4.78, 5) is 20.4. The number of hydrogen-bond acceptors (Lipinski definition) is 5. The highest BCUT2D eigenvalue weighted by Crippen LogP contribution is 2.22. The van der Waals surface area contributed by atoms with E-state index in [2.05, 4.69) is 31.2 Å². The first-order valence-corrected chi connectivity index (χ1v) is 9.54. The molecule has 0 spiro atoms. The molecule has 7 nitrogen and oxygen atoms in total. The Morgan fingerprint density at radius 2 is 1.68 bits per heavy atom. The maximum absolute atomic E-state index is 11.8. The molecule has 0 bridgehead atoms. The number of nitrogens with one attached hydrogen (secondary N) is 4. The zero-order chi connectivity index (χ0) is 19.8.